The van der Waals surface area contributed by atoms with Crippen LogP contribution in [0.3, 0.4) is 0 Å². The van der Waals surface area contributed by atoms with Crippen molar-refractivity contribution in [1.29, 1.82) is 0 Å². The van der Waals surface area contributed by atoms with Crippen molar-refractivity contribution in [3.63, 3.8) is 0 Å². The van der Waals surface area contributed by atoms with Crippen molar-refractivity contribution in [2.24, 2.45) is 5.92 Å². The van der Waals surface area contributed by atoms with Crippen molar-refractivity contribution in [2.45, 2.75) is 31.3 Å². The highest BCUT2D eigenvalue weighted by atomic mass is 16.3. The Balaban J connectivity index is 1.56. The quantitative estimate of drug-likeness (QED) is 0.716. The molecule has 5 heteroatoms. The highest BCUT2D eigenvalue weighted by Gasteiger charge is 2.24. The van der Waals surface area contributed by atoms with Gasteiger partial charge >= 0.3 is 0 Å². The van der Waals surface area contributed by atoms with E-state index in [0.29, 0.717) is 17.2 Å². The molecule has 0 unspecified atom stereocenters. The molecule has 0 heterocycles. The van der Waals surface area contributed by atoms with Crippen LogP contribution in [-0.4, -0.2) is 35.6 Å². The highest BCUT2D eigenvalue weighted by Crippen LogP contribution is 2.20. The molecule has 2 aliphatic rings. The topological polar surface area (TPSA) is 78.4 Å². The Morgan fingerprint density at radius 3 is 2.09 bits per heavy atom. The molecule has 2 aliphatic carbocycles. The monoisotopic (exact) mass is 300 g/mol. The van der Waals surface area contributed by atoms with E-state index in [1.807, 2.05) is 12.2 Å². The molecular weight excluding hydrogens is 280 g/mol. The zero-order chi connectivity index (χ0) is 15.5. The van der Waals surface area contributed by atoms with Gasteiger partial charge in [-0.1, -0.05) is 12.2 Å². The Labute approximate surface area is 129 Å². The molecule has 0 saturated heterocycles. The summed E-state index contributed by atoms with van der Waals surface area (Å²) >= 11 is 0. The molecule has 2 atom stereocenters. The van der Waals surface area contributed by atoms with Crippen molar-refractivity contribution in [2.75, 3.05) is 6.61 Å². The van der Waals surface area contributed by atoms with Gasteiger partial charge in [-0.15, -0.1) is 0 Å². The third-order valence-corrected chi connectivity index (χ3v) is 4.05. The lowest BCUT2D eigenvalue weighted by molar-refractivity contribution is 0.0933. The first-order valence-corrected chi connectivity index (χ1v) is 7.66. The van der Waals surface area contributed by atoms with Gasteiger partial charge in [0.1, 0.15) is 0 Å². The van der Waals surface area contributed by atoms with Crippen molar-refractivity contribution >= 4 is 11.8 Å². The SMILES string of the molecule is O=C(NC1CC1)c1ccc(C(=O)N[C@@H]2C=C[C@H](CO)C2)cc1. The lowest BCUT2D eigenvalue weighted by Gasteiger charge is -2.13. The van der Waals surface area contributed by atoms with Crippen molar-refractivity contribution in [3.05, 3.63) is 47.5 Å². The number of aliphatic hydroxyl groups excluding tert-OH is 1. The third-order valence-electron chi connectivity index (χ3n) is 4.05. The minimum absolute atomic E-state index is 0.0394. The number of carbonyl (C=O) groups excluding carboxylic acids is 2. The molecule has 0 aromatic heterocycles. The second-order valence-electron chi connectivity index (χ2n) is 5.97. The lowest BCUT2D eigenvalue weighted by Crippen LogP contribution is -2.33. The maximum Gasteiger partial charge on any atom is 0.251 e. The molecular formula is C17H20N2O3. The average Bonchev–Trinajstić information content (AvgIpc) is 3.23. The van der Waals surface area contributed by atoms with Crippen LogP contribution in [0.15, 0.2) is 36.4 Å². The van der Waals surface area contributed by atoms with E-state index in [4.69, 9.17) is 5.11 Å². The fourth-order valence-electron chi connectivity index (χ4n) is 2.54. The first-order chi connectivity index (χ1) is 10.7. The van der Waals surface area contributed by atoms with Gasteiger partial charge in [0.25, 0.3) is 11.8 Å². The zero-order valence-electron chi connectivity index (χ0n) is 12.3. The molecule has 0 spiro atoms. The van der Waals surface area contributed by atoms with E-state index < -0.39 is 0 Å². The Kier molecular flexibility index (Phi) is 4.24. The van der Waals surface area contributed by atoms with Gasteiger partial charge in [0.05, 0.1) is 0 Å². The van der Waals surface area contributed by atoms with Crippen LogP contribution in [0.5, 0.6) is 0 Å². The number of carbonyl (C=O) groups is 2. The number of benzene rings is 1. The summed E-state index contributed by atoms with van der Waals surface area (Å²) in [7, 11) is 0. The minimum atomic E-state index is -0.164. The molecule has 3 N–H and O–H groups in total. The Morgan fingerprint density at radius 2 is 1.59 bits per heavy atom. The Morgan fingerprint density at radius 1 is 1.00 bits per heavy atom. The van der Waals surface area contributed by atoms with Crippen LogP contribution in [0.4, 0.5) is 0 Å². The van der Waals surface area contributed by atoms with Gasteiger partial charge in [-0.05, 0) is 43.5 Å². The van der Waals surface area contributed by atoms with Crippen molar-refractivity contribution in [3.8, 4) is 0 Å². The Bertz CT molecular complexity index is 590. The fourth-order valence-corrected chi connectivity index (χ4v) is 2.54. The minimum Gasteiger partial charge on any atom is -0.396 e. The number of aliphatic hydroxyl groups is 1. The second kappa shape index (κ2) is 6.32. The molecule has 0 radical (unpaired) electrons. The summed E-state index contributed by atoms with van der Waals surface area (Å²) in [4.78, 5) is 24.0. The maximum absolute atomic E-state index is 12.2. The molecule has 5 nitrogen and oxygen atoms in total. The van der Waals surface area contributed by atoms with Gasteiger partial charge in [0.2, 0.25) is 0 Å². The van der Waals surface area contributed by atoms with Gasteiger partial charge < -0.3 is 15.7 Å². The number of nitrogens with one attached hydrogen (secondary N) is 2. The first kappa shape index (κ1) is 14.8. The van der Waals surface area contributed by atoms with Crippen LogP contribution in [0.2, 0.25) is 0 Å². The summed E-state index contributed by atoms with van der Waals surface area (Å²) in [6.07, 6.45) is 6.67. The molecule has 1 aromatic carbocycles. The average molecular weight is 300 g/mol. The molecule has 0 aliphatic heterocycles. The molecule has 1 fully saturated rings. The number of amides is 2. The van der Waals surface area contributed by atoms with Crippen molar-refractivity contribution in [1.82, 2.24) is 10.6 Å². The molecule has 1 aromatic rings. The third kappa shape index (κ3) is 3.54. The standard InChI is InChI=1S/C17H20N2O3/c20-10-11-1-6-15(9-11)19-17(22)13-4-2-12(3-5-13)16(21)18-14-7-8-14/h1-6,11,14-15,20H,7-10H2,(H,18,21)(H,19,22)/t11-,15+/m0/s1. The highest BCUT2D eigenvalue weighted by molar-refractivity contribution is 5.98. The van der Waals surface area contributed by atoms with Gasteiger partial charge in [-0.25, -0.2) is 0 Å². The predicted molar refractivity (Wildman–Crippen MR) is 82.5 cm³/mol. The number of rotatable bonds is 5. The van der Waals surface area contributed by atoms with Gasteiger partial charge in [0.15, 0.2) is 0 Å². The second-order valence-corrected chi connectivity index (χ2v) is 5.97. The van der Waals surface area contributed by atoms with E-state index in [-0.39, 0.29) is 30.4 Å². The first-order valence-electron chi connectivity index (χ1n) is 7.66. The lowest BCUT2D eigenvalue weighted by atomic mass is 10.1. The summed E-state index contributed by atoms with van der Waals surface area (Å²) in [5.41, 5.74) is 1.10. The van der Waals surface area contributed by atoms with Crippen LogP contribution in [0, 0.1) is 5.92 Å². The van der Waals surface area contributed by atoms with Crippen LogP contribution in [-0.2, 0) is 0 Å². The van der Waals surface area contributed by atoms with Crippen LogP contribution >= 0.6 is 0 Å². The molecule has 22 heavy (non-hydrogen) atoms. The van der Waals surface area contributed by atoms with E-state index in [1.165, 1.54) is 0 Å². The smallest absolute Gasteiger partial charge is 0.251 e. The van der Waals surface area contributed by atoms with Gasteiger partial charge in [0, 0.05) is 35.7 Å². The molecule has 2 amide bonds. The largest absolute Gasteiger partial charge is 0.396 e. The molecule has 116 valence electrons. The Hall–Kier alpha value is -2.14. The van der Waals surface area contributed by atoms with E-state index >= 15 is 0 Å². The van der Waals surface area contributed by atoms with Crippen LogP contribution in [0.1, 0.15) is 40.0 Å². The predicted octanol–water partition coefficient (Wildman–Crippen LogP) is 1.25. The summed E-state index contributed by atoms with van der Waals surface area (Å²) < 4.78 is 0. The summed E-state index contributed by atoms with van der Waals surface area (Å²) in [6.45, 7) is 0.105. The summed E-state index contributed by atoms with van der Waals surface area (Å²) in [6, 6.07) is 6.96. The molecule has 1 saturated carbocycles. The molecule has 0 bridgehead atoms. The van der Waals surface area contributed by atoms with Crippen LogP contribution < -0.4 is 10.6 Å². The number of hydrogen-bond acceptors (Lipinski definition) is 3. The number of hydrogen-bond donors (Lipinski definition) is 3. The van der Waals surface area contributed by atoms with E-state index in [1.54, 1.807) is 24.3 Å². The molecule has 3 rings (SSSR count). The summed E-state index contributed by atoms with van der Waals surface area (Å²) in [5.74, 6) is -0.125. The van der Waals surface area contributed by atoms with Gasteiger partial charge in [-0.2, -0.15) is 0 Å². The summed E-state index contributed by atoms with van der Waals surface area (Å²) in [5, 5.41) is 14.9. The van der Waals surface area contributed by atoms with E-state index in [2.05, 4.69) is 10.6 Å². The zero-order valence-corrected chi connectivity index (χ0v) is 12.3. The van der Waals surface area contributed by atoms with Crippen LogP contribution in [0.25, 0.3) is 0 Å². The van der Waals surface area contributed by atoms with E-state index in [9.17, 15) is 9.59 Å². The van der Waals surface area contributed by atoms with Crippen molar-refractivity contribution < 1.29 is 14.7 Å². The van der Waals surface area contributed by atoms with Gasteiger partial charge in [-0.3, -0.25) is 9.59 Å². The normalized spacial score (nSPS) is 23.3. The van der Waals surface area contributed by atoms with E-state index in [0.717, 1.165) is 19.3 Å². The maximum atomic E-state index is 12.2. The fraction of sp³-hybridized carbons (Fsp3) is 0.412.